The molecule has 2 atom stereocenters. The van der Waals surface area contributed by atoms with Gasteiger partial charge >= 0.3 is 0 Å². The summed E-state index contributed by atoms with van der Waals surface area (Å²) in [6.45, 7) is 5.24. The van der Waals surface area contributed by atoms with E-state index >= 15 is 0 Å². The number of likely N-dealkylation sites (tertiary alicyclic amines) is 1. The molecule has 1 amide bonds. The number of carbonyl (C=O) groups excluding carboxylic acids is 1. The first kappa shape index (κ1) is 12.5. The monoisotopic (exact) mass is 254 g/mol. The minimum absolute atomic E-state index is 0.119. The second-order valence-electron chi connectivity index (χ2n) is 4.71. The van der Waals surface area contributed by atoms with Gasteiger partial charge < -0.3 is 10.0 Å². The number of rotatable bonds is 2. The van der Waals surface area contributed by atoms with Crippen molar-refractivity contribution in [1.29, 1.82) is 0 Å². The van der Waals surface area contributed by atoms with E-state index in [1.165, 1.54) is 0 Å². The van der Waals surface area contributed by atoms with Crippen molar-refractivity contribution in [3.63, 3.8) is 0 Å². The highest BCUT2D eigenvalue weighted by atomic mass is 32.1. The number of carbonyl (C=O) groups is 1. The van der Waals surface area contributed by atoms with Gasteiger partial charge in [-0.2, -0.15) is 0 Å². The van der Waals surface area contributed by atoms with Crippen LogP contribution < -0.4 is 0 Å². The second-order valence-corrected chi connectivity index (χ2v) is 5.77. The first-order valence-electron chi connectivity index (χ1n) is 5.93. The van der Waals surface area contributed by atoms with Gasteiger partial charge in [0, 0.05) is 18.5 Å². The summed E-state index contributed by atoms with van der Waals surface area (Å²) in [6, 6.07) is 0. The average molecular weight is 254 g/mol. The van der Waals surface area contributed by atoms with Crippen LogP contribution in [0.1, 0.15) is 24.0 Å². The largest absolute Gasteiger partial charge is 0.393 e. The lowest BCUT2D eigenvalue weighted by Crippen LogP contribution is -2.45. The van der Waals surface area contributed by atoms with Crippen molar-refractivity contribution in [1.82, 2.24) is 9.88 Å². The van der Waals surface area contributed by atoms with Crippen LogP contribution in [0.3, 0.4) is 0 Å². The molecule has 17 heavy (non-hydrogen) atoms. The Morgan fingerprint density at radius 2 is 2.47 bits per heavy atom. The molecule has 4 nitrogen and oxygen atoms in total. The molecule has 0 radical (unpaired) electrons. The molecule has 0 aromatic carbocycles. The molecule has 1 saturated heterocycles. The molecule has 5 heteroatoms. The molecule has 1 aromatic heterocycles. The van der Waals surface area contributed by atoms with Gasteiger partial charge in [0.05, 0.1) is 23.2 Å². The van der Waals surface area contributed by atoms with Gasteiger partial charge in [-0.05, 0) is 19.3 Å². The van der Waals surface area contributed by atoms with Gasteiger partial charge in [-0.25, -0.2) is 4.98 Å². The number of piperidine rings is 1. The van der Waals surface area contributed by atoms with E-state index in [9.17, 15) is 9.90 Å². The van der Waals surface area contributed by atoms with E-state index in [2.05, 4.69) is 4.98 Å². The summed E-state index contributed by atoms with van der Waals surface area (Å²) in [5.41, 5.74) is 0.858. The van der Waals surface area contributed by atoms with Gasteiger partial charge in [0.1, 0.15) is 0 Å². The smallest absolute Gasteiger partial charge is 0.228 e. The molecule has 0 aliphatic carbocycles. The van der Waals surface area contributed by atoms with Crippen LogP contribution in [-0.4, -0.2) is 40.1 Å². The lowest BCUT2D eigenvalue weighted by atomic mass is 9.96. The summed E-state index contributed by atoms with van der Waals surface area (Å²) in [5, 5.41) is 12.6. The highest BCUT2D eigenvalue weighted by Crippen LogP contribution is 2.18. The number of aliphatic hydroxyl groups is 1. The number of hydrogen-bond donors (Lipinski definition) is 1. The zero-order chi connectivity index (χ0) is 12.4. The zero-order valence-corrected chi connectivity index (χ0v) is 11.0. The third kappa shape index (κ3) is 3.04. The summed E-state index contributed by atoms with van der Waals surface area (Å²) < 4.78 is 0. The Balaban J connectivity index is 1.92. The Kier molecular flexibility index (Phi) is 3.79. The highest BCUT2D eigenvalue weighted by Gasteiger charge is 2.27. The van der Waals surface area contributed by atoms with Crippen LogP contribution in [0.25, 0.3) is 0 Å². The predicted molar refractivity (Wildman–Crippen MR) is 66.9 cm³/mol. The van der Waals surface area contributed by atoms with Gasteiger partial charge in [-0.15, -0.1) is 11.3 Å². The van der Waals surface area contributed by atoms with Crippen molar-refractivity contribution in [3.05, 3.63) is 16.1 Å². The van der Waals surface area contributed by atoms with Gasteiger partial charge in [0.2, 0.25) is 5.91 Å². The second kappa shape index (κ2) is 5.14. The molecule has 94 valence electrons. The number of aromatic nitrogens is 1. The molecule has 1 aliphatic rings. The molecule has 1 fully saturated rings. The van der Waals surface area contributed by atoms with Crippen molar-refractivity contribution in [2.24, 2.45) is 5.92 Å². The Bertz CT molecular complexity index is 405. The molecule has 2 rings (SSSR count). The Hall–Kier alpha value is -0.940. The Morgan fingerprint density at radius 1 is 1.71 bits per heavy atom. The third-order valence-corrected chi connectivity index (χ3v) is 4.03. The van der Waals surface area contributed by atoms with Gasteiger partial charge in [-0.1, -0.05) is 6.92 Å². The van der Waals surface area contributed by atoms with Crippen LogP contribution in [0, 0.1) is 12.8 Å². The lowest BCUT2D eigenvalue weighted by Gasteiger charge is -2.34. The van der Waals surface area contributed by atoms with Gasteiger partial charge in [0.25, 0.3) is 0 Å². The normalized spacial score (nSPS) is 25.0. The molecule has 0 saturated carbocycles. The quantitative estimate of drug-likeness (QED) is 0.863. The van der Waals surface area contributed by atoms with Gasteiger partial charge in [0.15, 0.2) is 0 Å². The van der Waals surface area contributed by atoms with E-state index in [0.717, 1.165) is 10.7 Å². The van der Waals surface area contributed by atoms with Crippen molar-refractivity contribution < 1.29 is 9.90 Å². The molecule has 2 heterocycles. The molecule has 1 N–H and O–H groups in total. The first-order valence-corrected chi connectivity index (χ1v) is 6.81. The van der Waals surface area contributed by atoms with E-state index in [1.54, 1.807) is 11.3 Å². The maximum absolute atomic E-state index is 12.0. The summed E-state index contributed by atoms with van der Waals surface area (Å²) >= 11 is 1.57. The van der Waals surface area contributed by atoms with Crippen LogP contribution >= 0.6 is 11.3 Å². The topological polar surface area (TPSA) is 53.4 Å². The van der Waals surface area contributed by atoms with Crippen LogP contribution in [-0.2, 0) is 11.2 Å². The number of amides is 1. The fourth-order valence-corrected chi connectivity index (χ4v) is 2.73. The van der Waals surface area contributed by atoms with Crippen molar-refractivity contribution in [3.8, 4) is 0 Å². The predicted octanol–water partition coefficient (Wildman–Crippen LogP) is 1.22. The highest BCUT2D eigenvalue weighted by molar-refractivity contribution is 7.09. The molecular weight excluding hydrogens is 236 g/mol. The number of aliphatic hydroxyl groups excluding tert-OH is 1. The maximum atomic E-state index is 12.0. The van der Waals surface area contributed by atoms with E-state index in [-0.39, 0.29) is 17.9 Å². The average Bonchev–Trinajstić information content (AvgIpc) is 2.68. The van der Waals surface area contributed by atoms with E-state index in [4.69, 9.17) is 0 Å². The molecule has 0 spiro atoms. The minimum Gasteiger partial charge on any atom is -0.393 e. The fraction of sp³-hybridized carbons (Fsp3) is 0.667. The standard InChI is InChI=1S/C12H18N2O2S/c1-8-6-14(4-3-11(8)15)12(16)5-10-7-17-9(2)13-10/h7-8,11,15H,3-6H2,1-2H3. The van der Waals surface area contributed by atoms with E-state index < -0.39 is 0 Å². The van der Waals surface area contributed by atoms with Gasteiger partial charge in [-0.3, -0.25) is 4.79 Å². The fourth-order valence-electron chi connectivity index (χ4n) is 2.12. The summed E-state index contributed by atoms with van der Waals surface area (Å²) in [4.78, 5) is 18.2. The molecule has 2 unspecified atom stereocenters. The number of hydrogen-bond acceptors (Lipinski definition) is 4. The summed E-state index contributed by atoms with van der Waals surface area (Å²) in [5.74, 6) is 0.291. The third-order valence-electron chi connectivity index (χ3n) is 3.21. The van der Waals surface area contributed by atoms with Crippen molar-refractivity contribution in [2.45, 2.75) is 32.8 Å². The van der Waals surface area contributed by atoms with Crippen molar-refractivity contribution >= 4 is 17.2 Å². The van der Waals surface area contributed by atoms with Crippen LogP contribution in [0.15, 0.2) is 5.38 Å². The SMILES string of the molecule is Cc1nc(CC(=O)N2CCC(O)C(C)C2)cs1. The molecule has 1 aliphatic heterocycles. The molecule has 0 bridgehead atoms. The minimum atomic E-state index is -0.263. The zero-order valence-electron chi connectivity index (χ0n) is 10.2. The lowest BCUT2D eigenvalue weighted by molar-refractivity contribution is -0.134. The summed E-state index contributed by atoms with van der Waals surface area (Å²) in [7, 11) is 0. The summed E-state index contributed by atoms with van der Waals surface area (Å²) in [6.07, 6.45) is 0.802. The van der Waals surface area contributed by atoms with E-state index in [0.29, 0.717) is 25.9 Å². The Morgan fingerprint density at radius 3 is 3.06 bits per heavy atom. The number of thiazole rings is 1. The van der Waals surface area contributed by atoms with Crippen LogP contribution in [0.2, 0.25) is 0 Å². The molecule has 1 aromatic rings. The first-order chi connectivity index (χ1) is 8.06. The number of aryl methyl sites for hydroxylation is 1. The Labute approximate surface area is 105 Å². The number of nitrogens with zero attached hydrogens (tertiary/aromatic N) is 2. The van der Waals surface area contributed by atoms with E-state index in [1.807, 2.05) is 24.1 Å². The van der Waals surface area contributed by atoms with Crippen molar-refractivity contribution in [2.75, 3.05) is 13.1 Å². The van der Waals surface area contributed by atoms with Crippen LogP contribution in [0.5, 0.6) is 0 Å². The van der Waals surface area contributed by atoms with Crippen LogP contribution in [0.4, 0.5) is 0 Å². The maximum Gasteiger partial charge on any atom is 0.228 e. The molecular formula is C12H18N2O2S.